The zero-order chi connectivity index (χ0) is 11.3. The van der Waals surface area contributed by atoms with Crippen LogP contribution in [0.5, 0.6) is 0 Å². The molecule has 0 spiro atoms. The number of aliphatic hydroxyl groups is 7. The molecule has 0 aliphatic heterocycles. The fourth-order valence-electron chi connectivity index (χ4n) is 0.873. The number of hydrogen-bond acceptors (Lipinski definition) is 7. The van der Waals surface area contributed by atoms with E-state index in [1.807, 2.05) is 0 Å². The molecule has 0 aromatic carbocycles. The lowest BCUT2D eigenvalue weighted by Crippen LogP contribution is -2.50. The summed E-state index contributed by atoms with van der Waals surface area (Å²) in [5, 5.41) is 61.9. The van der Waals surface area contributed by atoms with Crippen molar-refractivity contribution in [3.8, 4) is 0 Å². The first-order valence-corrected chi connectivity index (χ1v) is 4.07. The highest BCUT2D eigenvalue weighted by molar-refractivity contribution is 4.84. The van der Waals surface area contributed by atoms with Crippen molar-refractivity contribution in [2.75, 3.05) is 13.2 Å². The molecule has 0 rings (SSSR count). The van der Waals surface area contributed by atoms with Gasteiger partial charge in [-0.15, -0.1) is 0 Å². The zero-order valence-electron chi connectivity index (χ0n) is 7.43. The molecule has 14 heavy (non-hydrogen) atoms. The summed E-state index contributed by atoms with van der Waals surface area (Å²) in [4.78, 5) is 0. The highest BCUT2D eigenvalue weighted by atomic mass is 16.4. The van der Waals surface area contributed by atoms with Crippen molar-refractivity contribution in [2.24, 2.45) is 0 Å². The second-order valence-electron chi connectivity index (χ2n) is 2.97. The van der Waals surface area contributed by atoms with Crippen molar-refractivity contribution in [3.63, 3.8) is 0 Å². The average Bonchev–Trinajstić information content (AvgIpc) is 2.23. The fourth-order valence-corrected chi connectivity index (χ4v) is 0.873. The SMILES string of the molecule is OC[C@@H](O)[C@@H](O)[C@@H](O)[C@H](O)[C@@H](O)CO. The van der Waals surface area contributed by atoms with Crippen molar-refractivity contribution in [1.82, 2.24) is 0 Å². The van der Waals surface area contributed by atoms with Gasteiger partial charge in [0.05, 0.1) is 13.2 Å². The Labute approximate surface area is 80.5 Å². The maximum atomic E-state index is 9.15. The first-order chi connectivity index (χ1) is 6.45. The van der Waals surface area contributed by atoms with Gasteiger partial charge in [-0.1, -0.05) is 0 Å². The molecule has 0 amide bonds. The molecule has 7 N–H and O–H groups in total. The molecular formula is C7H16O7. The van der Waals surface area contributed by atoms with E-state index in [4.69, 9.17) is 35.7 Å². The fraction of sp³-hybridized carbons (Fsp3) is 1.00. The molecule has 0 heterocycles. The van der Waals surface area contributed by atoms with E-state index in [1.54, 1.807) is 0 Å². The van der Waals surface area contributed by atoms with Crippen LogP contribution < -0.4 is 0 Å². The quantitative estimate of drug-likeness (QED) is 0.236. The van der Waals surface area contributed by atoms with Gasteiger partial charge in [-0.25, -0.2) is 0 Å². The third-order valence-electron chi connectivity index (χ3n) is 1.86. The van der Waals surface area contributed by atoms with Gasteiger partial charge in [0.25, 0.3) is 0 Å². The van der Waals surface area contributed by atoms with E-state index >= 15 is 0 Å². The summed E-state index contributed by atoms with van der Waals surface area (Å²) in [7, 11) is 0. The number of aliphatic hydroxyl groups excluding tert-OH is 7. The Kier molecular flexibility index (Phi) is 6.12. The largest absolute Gasteiger partial charge is 0.394 e. The molecule has 7 nitrogen and oxygen atoms in total. The van der Waals surface area contributed by atoms with Crippen LogP contribution in [0.15, 0.2) is 0 Å². The third kappa shape index (κ3) is 3.46. The van der Waals surface area contributed by atoms with E-state index in [1.165, 1.54) is 0 Å². The zero-order valence-corrected chi connectivity index (χ0v) is 7.43. The van der Waals surface area contributed by atoms with Crippen LogP contribution >= 0.6 is 0 Å². The van der Waals surface area contributed by atoms with Crippen LogP contribution in [0.25, 0.3) is 0 Å². The summed E-state index contributed by atoms with van der Waals surface area (Å²) >= 11 is 0. The van der Waals surface area contributed by atoms with E-state index in [-0.39, 0.29) is 0 Å². The number of rotatable bonds is 6. The summed E-state index contributed by atoms with van der Waals surface area (Å²) in [5.41, 5.74) is 0. The highest BCUT2D eigenvalue weighted by Gasteiger charge is 2.33. The molecule has 0 unspecified atom stereocenters. The molecule has 0 aromatic heterocycles. The predicted octanol–water partition coefficient (Wildman–Crippen LogP) is -4.22. The van der Waals surface area contributed by atoms with Crippen LogP contribution in [0.4, 0.5) is 0 Å². The minimum Gasteiger partial charge on any atom is -0.394 e. The van der Waals surface area contributed by atoms with Crippen LogP contribution in [0.1, 0.15) is 0 Å². The Morgan fingerprint density at radius 3 is 1.07 bits per heavy atom. The molecule has 0 saturated heterocycles. The first-order valence-electron chi connectivity index (χ1n) is 4.07. The highest BCUT2D eigenvalue weighted by Crippen LogP contribution is 2.07. The molecule has 0 aromatic rings. The third-order valence-corrected chi connectivity index (χ3v) is 1.86. The second-order valence-corrected chi connectivity index (χ2v) is 2.97. The topological polar surface area (TPSA) is 142 Å². The summed E-state index contributed by atoms with van der Waals surface area (Å²) in [6.45, 7) is -1.58. The average molecular weight is 212 g/mol. The van der Waals surface area contributed by atoms with Crippen molar-refractivity contribution in [3.05, 3.63) is 0 Å². The van der Waals surface area contributed by atoms with E-state index in [0.29, 0.717) is 0 Å². The van der Waals surface area contributed by atoms with Gasteiger partial charge in [0, 0.05) is 0 Å². The molecule has 0 saturated carbocycles. The van der Waals surface area contributed by atoms with E-state index in [2.05, 4.69) is 0 Å². The summed E-state index contributed by atoms with van der Waals surface area (Å²) in [6.07, 6.45) is -8.68. The lowest BCUT2D eigenvalue weighted by atomic mass is 10.00. The lowest BCUT2D eigenvalue weighted by Gasteiger charge is -2.27. The molecule has 0 radical (unpaired) electrons. The smallest absolute Gasteiger partial charge is 0.111 e. The van der Waals surface area contributed by atoms with Gasteiger partial charge in [-0.2, -0.15) is 0 Å². The van der Waals surface area contributed by atoms with E-state index in [0.717, 1.165) is 0 Å². The molecule has 7 heteroatoms. The molecule has 86 valence electrons. The van der Waals surface area contributed by atoms with Crippen molar-refractivity contribution in [1.29, 1.82) is 0 Å². The molecule has 0 bridgehead atoms. The lowest BCUT2D eigenvalue weighted by molar-refractivity contribution is -0.145. The van der Waals surface area contributed by atoms with Crippen LogP contribution in [0.3, 0.4) is 0 Å². The summed E-state index contributed by atoms with van der Waals surface area (Å²) < 4.78 is 0. The molecular weight excluding hydrogens is 196 g/mol. The Morgan fingerprint density at radius 1 is 0.571 bits per heavy atom. The van der Waals surface area contributed by atoms with Gasteiger partial charge in [0.15, 0.2) is 0 Å². The molecule has 5 atom stereocenters. The predicted molar refractivity (Wildman–Crippen MR) is 44.2 cm³/mol. The molecule has 0 aliphatic rings. The van der Waals surface area contributed by atoms with Crippen LogP contribution in [0.2, 0.25) is 0 Å². The van der Waals surface area contributed by atoms with Crippen LogP contribution in [-0.2, 0) is 0 Å². The van der Waals surface area contributed by atoms with Crippen molar-refractivity contribution >= 4 is 0 Å². The monoisotopic (exact) mass is 212 g/mol. The minimum absolute atomic E-state index is 0.792. The van der Waals surface area contributed by atoms with Crippen molar-refractivity contribution < 1.29 is 35.7 Å². The summed E-state index contributed by atoms with van der Waals surface area (Å²) in [6, 6.07) is 0. The van der Waals surface area contributed by atoms with Gasteiger partial charge in [-0.05, 0) is 0 Å². The van der Waals surface area contributed by atoms with Crippen LogP contribution in [-0.4, -0.2) is 79.5 Å². The van der Waals surface area contributed by atoms with Gasteiger partial charge in [0.2, 0.25) is 0 Å². The summed E-state index contributed by atoms with van der Waals surface area (Å²) in [5.74, 6) is 0. The van der Waals surface area contributed by atoms with Gasteiger partial charge in [0.1, 0.15) is 30.5 Å². The Hall–Kier alpha value is -0.280. The maximum Gasteiger partial charge on any atom is 0.111 e. The van der Waals surface area contributed by atoms with Gasteiger partial charge >= 0.3 is 0 Å². The maximum absolute atomic E-state index is 9.15. The molecule has 0 fully saturated rings. The van der Waals surface area contributed by atoms with E-state index in [9.17, 15) is 0 Å². The van der Waals surface area contributed by atoms with E-state index < -0.39 is 43.7 Å². The molecule has 0 aliphatic carbocycles. The second kappa shape index (κ2) is 6.25. The first kappa shape index (κ1) is 13.7. The van der Waals surface area contributed by atoms with Gasteiger partial charge in [-0.3, -0.25) is 0 Å². The minimum atomic E-state index is -1.85. The van der Waals surface area contributed by atoms with Crippen molar-refractivity contribution in [2.45, 2.75) is 30.5 Å². The van der Waals surface area contributed by atoms with Gasteiger partial charge < -0.3 is 35.7 Å². The normalized spacial score (nSPS) is 22.5. The Morgan fingerprint density at radius 2 is 0.857 bits per heavy atom. The number of hydrogen-bond donors (Lipinski definition) is 7. The standard InChI is InChI=1S/C7H16O7/c8-1-3(10)5(12)7(14)6(13)4(11)2-9/h3-14H,1-2H2/t3-,4+,5-,6-,7-/m1/s1. The Bertz CT molecular complexity index is 137. The van der Waals surface area contributed by atoms with Crippen LogP contribution in [0, 0.1) is 0 Å². The Balaban J connectivity index is 4.22.